The lowest BCUT2D eigenvalue weighted by Gasteiger charge is -2.66. The minimum atomic E-state index is -1.17. The monoisotopic (exact) mass is 424 g/mol. The van der Waals surface area contributed by atoms with Crippen molar-refractivity contribution in [2.75, 3.05) is 0 Å². The van der Waals surface area contributed by atoms with E-state index in [4.69, 9.17) is 4.42 Å². The molecule has 0 bridgehead atoms. The smallest absolute Gasteiger partial charge is 0.161 e. The molecule has 31 heavy (non-hydrogen) atoms. The number of aldehydes is 1. The van der Waals surface area contributed by atoms with Gasteiger partial charge in [-0.2, -0.15) is 0 Å². The summed E-state index contributed by atoms with van der Waals surface area (Å²) in [7, 11) is 0. The molecular formula is C26H32O5. The van der Waals surface area contributed by atoms with Gasteiger partial charge in [0.15, 0.2) is 5.78 Å². The van der Waals surface area contributed by atoms with E-state index in [1.165, 1.54) is 6.08 Å². The highest BCUT2D eigenvalue weighted by Gasteiger charge is 2.72. The van der Waals surface area contributed by atoms with E-state index in [1.54, 1.807) is 25.5 Å². The van der Waals surface area contributed by atoms with Crippen molar-refractivity contribution in [3.63, 3.8) is 0 Å². The second-order valence-electron chi connectivity index (χ2n) is 11.1. The molecule has 0 spiro atoms. The van der Waals surface area contributed by atoms with E-state index in [2.05, 4.69) is 13.0 Å². The van der Waals surface area contributed by atoms with Gasteiger partial charge in [0.25, 0.3) is 0 Å². The molecular weight excluding hydrogens is 392 g/mol. The maximum Gasteiger partial charge on any atom is 0.161 e. The number of aliphatic hydroxyl groups excluding tert-OH is 2. The lowest BCUT2D eigenvalue weighted by atomic mass is 9.37. The lowest BCUT2D eigenvalue weighted by Crippen LogP contribution is -2.71. The van der Waals surface area contributed by atoms with Crippen molar-refractivity contribution in [1.82, 2.24) is 0 Å². The van der Waals surface area contributed by atoms with E-state index in [0.29, 0.717) is 0 Å². The lowest BCUT2D eigenvalue weighted by molar-refractivity contribution is -0.220. The highest BCUT2D eigenvalue weighted by atomic mass is 16.3. The van der Waals surface area contributed by atoms with Gasteiger partial charge in [0, 0.05) is 22.2 Å². The second kappa shape index (κ2) is 6.29. The van der Waals surface area contributed by atoms with Gasteiger partial charge in [0.1, 0.15) is 6.29 Å². The van der Waals surface area contributed by atoms with E-state index >= 15 is 0 Å². The van der Waals surface area contributed by atoms with Gasteiger partial charge in [0.2, 0.25) is 0 Å². The number of carbonyl (C=O) groups is 2. The van der Waals surface area contributed by atoms with Gasteiger partial charge in [-0.1, -0.05) is 38.5 Å². The zero-order valence-electron chi connectivity index (χ0n) is 18.7. The first kappa shape index (κ1) is 20.9. The molecule has 0 aromatic carbocycles. The van der Waals surface area contributed by atoms with Gasteiger partial charge in [-0.25, -0.2) is 0 Å². The Morgan fingerprint density at radius 3 is 2.55 bits per heavy atom. The van der Waals surface area contributed by atoms with Crippen LogP contribution in [0.5, 0.6) is 0 Å². The van der Waals surface area contributed by atoms with Crippen LogP contribution in [0.2, 0.25) is 0 Å². The molecule has 5 rings (SSSR count). The SMILES string of the molecule is C[C@@]1(C=O)C=CC(=O)[C@]2(C)[C@H]3CC[C@]4(C)C(=CC[C@H]4c4ccoc4)[C@]3(C)[C@H](O)[C@H](O)[C@@H]12. The zero-order chi connectivity index (χ0) is 22.4. The first-order chi connectivity index (χ1) is 14.5. The quantitative estimate of drug-likeness (QED) is 0.557. The number of rotatable bonds is 2. The molecule has 0 saturated heterocycles. The third kappa shape index (κ3) is 2.29. The molecule has 0 radical (unpaired) electrons. The van der Waals surface area contributed by atoms with E-state index in [-0.39, 0.29) is 23.0 Å². The zero-order valence-corrected chi connectivity index (χ0v) is 18.7. The van der Waals surface area contributed by atoms with Gasteiger partial charge in [-0.15, -0.1) is 0 Å². The summed E-state index contributed by atoms with van der Waals surface area (Å²) in [5.74, 6) is -0.620. The minimum Gasteiger partial charge on any atom is -0.472 e. The van der Waals surface area contributed by atoms with Crippen molar-refractivity contribution in [2.24, 2.45) is 33.5 Å². The van der Waals surface area contributed by atoms with E-state index in [9.17, 15) is 19.8 Å². The molecule has 4 aliphatic carbocycles. The fourth-order valence-electron chi connectivity index (χ4n) is 8.36. The van der Waals surface area contributed by atoms with Crippen molar-refractivity contribution in [2.45, 2.75) is 65.1 Å². The highest BCUT2D eigenvalue weighted by molar-refractivity contribution is 5.98. The molecule has 4 aliphatic rings. The Balaban J connectivity index is 1.66. The molecule has 2 fully saturated rings. The maximum atomic E-state index is 13.4. The predicted molar refractivity (Wildman–Crippen MR) is 115 cm³/mol. The number of hydrogen-bond donors (Lipinski definition) is 2. The molecule has 1 aromatic heterocycles. The molecule has 1 aromatic rings. The molecule has 0 aliphatic heterocycles. The van der Waals surface area contributed by atoms with E-state index < -0.39 is 34.4 Å². The molecule has 166 valence electrons. The van der Waals surface area contributed by atoms with Crippen molar-refractivity contribution < 1.29 is 24.2 Å². The first-order valence-corrected chi connectivity index (χ1v) is 11.3. The number of fused-ring (bicyclic) bond motifs is 5. The van der Waals surface area contributed by atoms with Crippen LogP contribution in [0.1, 0.15) is 58.4 Å². The Hall–Kier alpha value is -1.98. The van der Waals surface area contributed by atoms with E-state index in [0.717, 1.165) is 36.7 Å². The van der Waals surface area contributed by atoms with Crippen LogP contribution in [0.4, 0.5) is 0 Å². The Morgan fingerprint density at radius 2 is 1.90 bits per heavy atom. The van der Waals surface area contributed by atoms with Crippen LogP contribution in [0.3, 0.4) is 0 Å². The van der Waals surface area contributed by atoms with Crippen LogP contribution in [0.25, 0.3) is 0 Å². The summed E-state index contributed by atoms with van der Waals surface area (Å²) < 4.78 is 5.36. The minimum absolute atomic E-state index is 0.0485. The Labute approximate surface area is 183 Å². The van der Waals surface area contributed by atoms with Crippen LogP contribution in [0, 0.1) is 33.5 Å². The molecule has 0 unspecified atom stereocenters. The molecule has 5 nitrogen and oxygen atoms in total. The summed E-state index contributed by atoms with van der Waals surface area (Å²) in [6, 6.07) is 2.01. The number of carbonyl (C=O) groups excluding carboxylic acids is 2. The van der Waals surface area contributed by atoms with Crippen LogP contribution < -0.4 is 0 Å². The average molecular weight is 425 g/mol. The number of furan rings is 1. The van der Waals surface area contributed by atoms with Crippen LogP contribution in [-0.4, -0.2) is 34.5 Å². The van der Waals surface area contributed by atoms with Gasteiger partial charge in [-0.3, -0.25) is 4.79 Å². The van der Waals surface area contributed by atoms with Gasteiger partial charge >= 0.3 is 0 Å². The topological polar surface area (TPSA) is 87.7 Å². The fourth-order valence-corrected chi connectivity index (χ4v) is 8.36. The normalized spacial score (nSPS) is 51.0. The summed E-state index contributed by atoms with van der Waals surface area (Å²) in [5, 5.41) is 23.1. The average Bonchev–Trinajstić information content (AvgIpc) is 3.37. The molecule has 1 heterocycles. The number of ketones is 1. The second-order valence-corrected chi connectivity index (χ2v) is 11.1. The van der Waals surface area contributed by atoms with Crippen LogP contribution in [-0.2, 0) is 9.59 Å². The Morgan fingerprint density at radius 1 is 1.16 bits per heavy atom. The third-order valence-corrected chi connectivity index (χ3v) is 9.84. The van der Waals surface area contributed by atoms with Crippen molar-refractivity contribution in [1.29, 1.82) is 0 Å². The van der Waals surface area contributed by atoms with E-state index in [1.807, 2.05) is 19.9 Å². The van der Waals surface area contributed by atoms with Crippen molar-refractivity contribution in [3.8, 4) is 0 Å². The molecule has 2 N–H and O–H groups in total. The van der Waals surface area contributed by atoms with Gasteiger partial charge in [0.05, 0.1) is 24.7 Å². The largest absolute Gasteiger partial charge is 0.472 e. The number of hydrogen-bond acceptors (Lipinski definition) is 5. The fraction of sp³-hybridized carbons (Fsp3) is 0.615. The summed E-state index contributed by atoms with van der Waals surface area (Å²) in [6.45, 7) is 7.95. The Bertz CT molecular complexity index is 991. The van der Waals surface area contributed by atoms with Crippen LogP contribution >= 0.6 is 0 Å². The number of allylic oxidation sites excluding steroid dienone is 3. The number of aliphatic hydroxyl groups is 2. The van der Waals surface area contributed by atoms with Gasteiger partial charge in [-0.05, 0) is 61.1 Å². The predicted octanol–water partition coefficient (Wildman–Crippen LogP) is 3.82. The Kier molecular flexibility index (Phi) is 4.24. The summed E-state index contributed by atoms with van der Waals surface area (Å²) in [4.78, 5) is 25.5. The summed E-state index contributed by atoms with van der Waals surface area (Å²) in [6.07, 6.45) is 9.95. The first-order valence-electron chi connectivity index (χ1n) is 11.3. The summed E-state index contributed by atoms with van der Waals surface area (Å²) >= 11 is 0. The maximum absolute atomic E-state index is 13.4. The van der Waals surface area contributed by atoms with Gasteiger partial charge < -0.3 is 19.4 Å². The third-order valence-electron chi connectivity index (χ3n) is 9.84. The summed E-state index contributed by atoms with van der Waals surface area (Å²) in [5.41, 5.74) is -0.552. The standard InChI is InChI=1S/C26H32O5/c1-23(14-27)10-8-19(28)26(4)18-7-11-24(2)16(15-9-12-31-13-15)5-6-17(24)25(18,3)22(30)20(29)21(23)26/h6,8-10,12-14,16,18,20-22,29-30H,5,7,11H2,1-4H3/t16-,18-,20+,21-,22+,23-,24-,25-,26-/m0/s1. The van der Waals surface area contributed by atoms with Crippen molar-refractivity contribution in [3.05, 3.63) is 48.0 Å². The molecule has 0 amide bonds. The van der Waals surface area contributed by atoms with Crippen LogP contribution in [0.15, 0.2) is 46.8 Å². The van der Waals surface area contributed by atoms with Crippen molar-refractivity contribution >= 4 is 12.1 Å². The highest BCUT2D eigenvalue weighted by Crippen LogP contribution is 2.72. The molecule has 9 atom stereocenters. The molecule has 2 saturated carbocycles. The molecule has 5 heteroatoms.